The van der Waals surface area contributed by atoms with E-state index in [1.165, 1.54) is 5.56 Å². The van der Waals surface area contributed by atoms with Gasteiger partial charge in [-0.15, -0.1) is 11.8 Å². The Morgan fingerprint density at radius 2 is 1.74 bits per heavy atom. The number of nitrogens with one attached hydrogen (secondary N) is 1. The number of likely N-dealkylation sites (tertiary alicyclic amines) is 1. The van der Waals surface area contributed by atoms with Crippen molar-refractivity contribution in [2.75, 3.05) is 18.8 Å². The Kier molecular flexibility index (Phi) is 7.75. The Balaban J connectivity index is 1.33. The van der Waals surface area contributed by atoms with E-state index in [1.54, 1.807) is 11.8 Å². The minimum Gasteiger partial charge on any atom is -0.298 e. The van der Waals surface area contributed by atoms with Gasteiger partial charge in [-0.2, -0.15) is 5.10 Å². The lowest BCUT2D eigenvalue weighted by Gasteiger charge is -2.27. The van der Waals surface area contributed by atoms with Gasteiger partial charge >= 0.3 is 0 Å². The first-order chi connectivity index (χ1) is 13.2. The van der Waals surface area contributed by atoms with Gasteiger partial charge in [-0.1, -0.05) is 54.1 Å². The number of thioether (sulfide) groups is 1. The highest BCUT2D eigenvalue weighted by atomic mass is 35.5. The molecule has 142 valence electrons. The van der Waals surface area contributed by atoms with Crippen molar-refractivity contribution in [2.45, 2.75) is 25.1 Å². The number of hydrogen-bond donors (Lipinski definition) is 1. The average Bonchev–Trinajstić information content (AvgIpc) is 2.70. The van der Waals surface area contributed by atoms with E-state index in [9.17, 15) is 4.79 Å². The molecule has 0 aliphatic carbocycles. The molecular formula is C21H24ClN3OS. The van der Waals surface area contributed by atoms with E-state index < -0.39 is 0 Å². The summed E-state index contributed by atoms with van der Waals surface area (Å²) in [4.78, 5) is 14.4. The summed E-state index contributed by atoms with van der Waals surface area (Å²) in [6.07, 6.45) is 1.82. The molecule has 1 amide bonds. The van der Waals surface area contributed by atoms with Crippen LogP contribution in [0.5, 0.6) is 0 Å². The van der Waals surface area contributed by atoms with Gasteiger partial charge in [0, 0.05) is 49.0 Å². The zero-order valence-corrected chi connectivity index (χ0v) is 16.8. The zero-order valence-electron chi connectivity index (χ0n) is 15.2. The van der Waals surface area contributed by atoms with Gasteiger partial charge in [-0.05, 0) is 23.3 Å². The number of carbonyl (C=O) groups excluding carboxylic acids is 1. The minimum absolute atomic E-state index is 0.0480. The molecule has 6 heteroatoms. The van der Waals surface area contributed by atoms with Crippen LogP contribution >= 0.6 is 23.4 Å². The SMILES string of the molecule is O=C(CSCc1ccc(Cl)cc1)NN=C1CCN(Cc2ccccc2)CC1. The molecule has 1 fully saturated rings. The standard InChI is InChI=1S/C21H24ClN3OS/c22-19-8-6-18(7-9-19)15-27-16-21(26)24-23-20-10-12-25(13-11-20)14-17-4-2-1-3-5-17/h1-9H,10-16H2,(H,24,26). The molecule has 0 bridgehead atoms. The van der Waals surface area contributed by atoms with Crippen LogP contribution in [0, 0.1) is 0 Å². The molecule has 2 aromatic rings. The predicted octanol–water partition coefficient (Wildman–Crippen LogP) is 4.34. The van der Waals surface area contributed by atoms with E-state index in [1.807, 2.05) is 30.3 Å². The van der Waals surface area contributed by atoms with Crippen LogP contribution in [0.25, 0.3) is 0 Å². The van der Waals surface area contributed by atoms with Gasteiger partial charge < -0.3 is 0 Å². The Morgan fingerprint density at radius 3 is 2.44 bits per heavy atom. The van der Waals surface area contributed by atoms with Gasteiger partial charge in [0.25, 0.3) is 0 Å². The van der Waals surface area contributed by atoms with Crippen molar-refractivity contribution in [1.29, 1.82) is 0 Å². The normalized spacial score (nSPS) is 14.8. The molecule has 1 aliphatic rings. The van der Waals surface area contributed by atoms with Crippen LogP contribution < -0.4 is 5.43 Å². The van der Waals surface area contributed by atoms with Crippen molar-refractivity contribution in [3.8, 4) is 0 Å². The number of nitrogens with zero attached hydrogens (tertiary/aromatic N) is 2. The van der Waals surface area contributed by atoms with E-state index in [0.717, 1.165) is 54.5 Å². The number of amides is 1. The van der Waals surface area contributed by atoms with Crippen molar-refractivity contribution in [2.24, 2.45) is 5.10 Å². The van der Waals surface area contributed by atoms with Gasteiger partial charge in [0.1, 0.15) is 0 Å². The minimum atomic E-state index is -0.0480. The summed E-state index contributed by atoms with van der Waals surface area (Å²) in [5, 5.41) is 5.05. The summed E-state index contributed by atoms with van der Waals surface area (Å²) in [5.74, 6) is 1.14. The topological polar surface area (TPSA) is 44.7 Å². The zero-order chi connectivity index (χ0) is 18.9. The van der Waals surface area contributed by atoms with Crippen LogP contribution in [0.3, 0.4) is 0 Å². The van der Waals surface area contributed by atoms with Gasteiger partial charge in [-0.3, -0.25) is 9.69 Å². The van der Waals surface area contributed by atoms with Crippen LogP contribution in [0.15, 0.2) is 59.7 Å². The molecule has 1 heterocycles. The molecule has 1 saturated heterocycles. The van der Waals surface area contributed by atoms with Crippen molar-refractivity contribution in [3.63, 3.8) is 0 Å². The fraction of sp³-hybridized carbons (Fsp3) is 0.333. The van der Waals surface area contributed by atoms with E-state index in [0.29, 0.717) is 5.75 Å². The third-order valence-electron chi connectivity index (χ3n) is 4.44. The van der Waals surface area contributed by atoms with Crippen LogP contribution in [-0.2, 0) is 17.1 Å². The van der Waals surface area contributed by atoms with Crippen LogP contribution in [0.2, 0.25) is 5.02 Å². The molecule has 2 aromatic carbocycles. The Labute approximate surface area is 170 Å². The maximum Gasteiger partial charge on any atom is 0.250 e. The first kappa shape index (κ1) is 19.9. The summed E-state index contributed by atoms with van der Waals surface area (Å²) in [5.41, 5.74) is 6.28. The highest BCUT2D eigenvalue weighted by Crippen LogP contribution is 2.15. The fourth-order valence-electron chi connectivity index (χ4n) is 2.94. The van der Waals surface area contributed by atoms with E-state index in [4.69, 9.17) is 11.6 Å². The van der Waals surface area contributed by atoms with Gasteiger partial charge in [0.15, 0.2) is 0 Å². The monoisotopic (exact) mass is 401 g/mol. The van der Waals surface area contributed by atoms with Gasteiger partial charge in [0.05, 0.1) is 5.75 Å². The molecule has 0 spiro atoms. The predicted molar refractivity (Wildman–Crippen MR) is 114 cm³/mol. The summed E-state index contributed by atoms with van der Waals surface area (Å²) in [6.45, 7) is 2.94. The van der Waals surface area contributed by atoms with E-state index >= 15 is 0 Å². The summed E-state index contributed by atoms with van der Waals surface area (Å²) < 4.78 is 0. The number of benzene rings is 2. The molecule has 0 radical (unpaired) electrons. The third kappa shape index (κ3) is 7.01. The van der Waals surface area contributed by atoms with Crippen LogP contribution in [0.1, 0.15) is 24.0 Å². The highest BCUT2D eigenvalue weighted by molar-refractivity contribution is 7.99. The molecule has 0 atom stereocenters. The Bertz CT molecular complexity index is 755. The molecular weight excluding hydrogens is 378 g/mol. The Morgan fingerprint density at radius 1 is 1.04 bits per heavy atom. The maximum absolute atomic E-state index is 12.0. The molecule has 0 unspecified atom stereocenters. The largest absolute Gasteiger partial charge is 0.298 e. The quantitative estimate of drug-likeness (QED) is 0.702. The lowest BCUT2D eigenvalue weighted by atomic mass is 10.1. The second-order valence-corrected chi connectivity index (χ2v) is 8.02. The highest BCUT2D eigenvalue weighted by Gasteiger charge is 2.15. The van der Waals surface area contributed by atoms with Gasteiger partial charge in [-0.25, -0.2) is 5.43 Å². The molecule has 3 rings (SSSR count). The number of hydrazone groups is 1. The second-order valence-electron chi connectivity index (χ2n) is 6.59. The lowest BCUT2D eigenvalue weighted by molar-refractivity contribution is -0.118. The first-order valence-electron chi connectivity index (χ1n) is 9.12. The van der Waals surface area contributed by atoms with E-state index in [2.05, 4.69) is 39.7 Å². The van der Waals surface area contributed by atoms with Crippen LogP contribution in [0.4, 0.5) is 0 Å². The number of carbonyl (C=O) groups is 1. The number of piperidine rings is 1. The van der Waals surface area contributed by atoms with Crippen molar-refractivity contribution in [1.82, 2.24) is 10.3 Å². The van der Waals surface area contributed by atoms with Crippen molar-refractivity contribution in [3.05, 3.63) is 70.7 Å². The van der Waals surface area contributed by atoms with Crippen molar-refractivity contribution >= 4 is 35.0 Å². The third-order valence-corrected chi connectivity index (χ3v) is 5.69. The lowest BCUT2D eigenvalue weighted by Crippen LogP contribution is -2.34. The average molecular weight is 402 g/mol. The molecule has 4 nitrogen and oxygen atoms in total. The molecule has 1 aliphatic heterocycles. The summed E-state index contributed by atoms with van der Waals surface area (Å²) in [6, 6.07) is 18.2. The summed E-state index contributed by atoms with van der Waals surface area (Å²) in [7, 11) is 0. The molecule has 0 aromatic heterocycles. The second kappa shape index (κ2) is 10.5. The Hall–Kier alpha value is -1.82. The van der Waals surface area contributed by atoms with E-state index in [-0.39, 0.29) is 5.91 Å². The number of hydrogen-bond acceptors (Lipinski definition) is 4. The number of halogens is 1. The molecule has 0 saturated carbocycles. The smallest absolute Gasteiger partial charge is 0.250 e. The molecule has 1 N–H and O–H groups in total. The number of rotatable bonds is 7. The fourth-order valence-corrected chi connectivity index (χ4v) is 3.84. The first-order valence-corrected chi connectivity index (χ1v) is 10.6. The van der Waals surface area contributed by atoms with Gasteiger partial charge in [0.2, 0.25) is 5.91 Å². The summed E-state index contributed by atoms with van der Waals surface area (Å²) >= 11 is 7.45. The molecule has 27 heavy (non-hydrogen) atoms. The maximum atomic E-state index is 12.0. The van der Waals surface area contributed by atoms with Crippen molar-refractivity contribution < 1.29 is 4.79 Å². The van der Waals surface area contributed by atoms with Crippen LogP contribution in [-0.4, -0.2) is 35.4 Å².